The summed E-state index contributed by atoms with van der Waals surface area (Å²) in [6.07, 6.45) is 0.831. The number of aliphatic imine (C=N–C) groups is 1. The van der Waals surface area contributed by atoms with Gasteiger partial charge in [0.2, 0.25) is 0 Å². The molecular weight excluding hydrogens is 340 g/mol. The van der Waals surface area contributed by atoms with E-state index in [-0.39, 0.29) is 5.91 Å². The van der Waals surface area contributed by atoms with Crippen LogP contribution in [0.5, 0.6) is 5.75 Å². The summed E-state index contributed by atoms with van der Waals surface area (Å²) in [7, 11) is 5.06. The summed E-state index contributed by atoms with van der Waals surface area (Å²) < 4.78 is 5.42. The van der Waals surface area contributed by atoms with Crippen molar-refractivity contribution in [1.29, 1.82) is 0 Å². The van der Waals surface area contributed by atoms with Crippen LogP contribution in [0.2, 0.25) is 0 Å². The minimum absolute atomic E-state index is 0.0912. The Kier molecular flexibility index (Phi) is 7.67. The van der Waals surface area contributed by atoms with Gasteiger partial charge in [-0.05, 0) is 42.7 Å². The number of hydrogen-bond acceptors (Lipinski definition) is 3. The maximum absolute atomic E-state index is 11.7. The molecule has 6 nitrogen and oxygen atoms in total. The van der Waals surface area contributed by atoms with Crippen molar-refractivity contribution >= 4 is 11.9 Å². The van der Waals surface area contributed by atoms with Gasteiger partial charge >= 0.3 is 0 Å². The summed E-state index contributed by atoms with van der Waals surface area (Å²) in [5.74, 6) is 1.52. The highest BCUT2D eigenvalue weighted by molar-refractivity contribution is 5.94. The molecule has 0 aliphatic rings. The van der Waals surface area contributed by atoms with E-state index in [1.165, 1.54) is 11.1 Å². The van der Waals surface area contributed by atoms with E-state index in [0.29, 0.717) is 18.1 Å². The Morgan fingerprint density at radius 2 is 1.96 bits per heavy atom. The summed E-state index contributed by atoms with van der Waals surface area (Å²) in [5, 5.41) is 9.22. The smallest absolute Gasteiger partial charge is 0.251 e. The molecule has 6 heteroatoms. The predicted molar refractivity (Wildman–Crippen MR) is 109 cm³/mol. The summed E-state index contributed by atoms with van der Waals surface area (Å²) in [6.45, 7) is 3.39. The Bertz CT molecular complexity index is 803. The van der Waals surface area contributed by atoms with Crippen LogP contribution in [0.1, 0.15) is 27.0 Å². The van der Waals surface area contributed by atoms with Gasteiger partial charge in [0.05, 0.1) is 7.11 Å². The average Bonchev–Trinajstić information content (AvgIpc) is 2.70. The van der Waals surface area contributed by atoms with Crippen molar-refractivity contribution in [3.05, 3.63) is 64.7 Å². The van der Waals surface area contributed by atoms with E-state index in [9.17, 15) is 4.79 Å². The third-order valence-corrected chi connectivity index (χ3v) is 4.22. The molecule has 144 valence electrons. The number of nitrogens with one attached hydrogen (secondary N) is 3. The van der Waals surface area contributed by atoms with Gasteiger partial charge in [0.15, 0.2) is 5.96 Å². The lowest BCUT2D eigenvalue weighted by atomic mass is 10.1. The molecule has 1 amide bonds. The first kappa shape index (κ1) is 20.3. The number of hydrogen-bond donors (Lipinski definition) is 3. The van der Waals surface area contributed by atoms with Gasteiger partial charge in [-0.3, -0.25) is 9.79 Å². The molecule has 0 bridgehead atoms. The van der Waals surface area contributed by atoms with E-state index < -0.39 is 0 Å². The molecule has 0 aromatic heterocycles. The van der Waals surface area contributed by atoms with Crippen LogP contribution in [0.4, 0.5) is 0 Å². The van der Waals surface area contributed by atoms with Gasteiger partial charge in [0.25, 0.3) is 5.91 Å². The van der Waals surface area contributed by atoms with E-state index in [2.05, 4.69) is 33.9 Å². The molecule has 2 rings (SSSR count). The molecule has 0 saturated heterocycles. The molecule has 0 heterocycles. The fourth-order valence-corrected chi connectivity index (χ4v) is 2.79. The standard InChI is InChI=1S/C21H28N4O2/c1-15-8-9-19(27-4)17(12-15)10-11-24-21(23-3)25-14-16-6-5-7-18(13-16)20(26)22-2/h5-9,12-13H,10-11,14H2,1-4H3,(H,22,26)(H2,23,24,25). The lowest BCUT2D eigenvalue weighted by Gasteiger charge is -2.14. The van der Waals surface area contributed by atoms with Crippen LogP contribution < -0.4 is 20.7 Å². The number of amides is 1. The second-order valence-electron chi connectivity index (χ2n) is 6.20. The maximum Gasteiger partial charge on any atom is 0.251 e. The number of rotatable bonds is 7. The second-order valence-corrected chi connectivity index (χ2v) is 6.20. The van der Waals surface area contributed by atoms with Crippen molar-refractivity contribution in [2.24, 2.45) is 4.99 Å². The SMILES string of the molecule is CN=C(NCCc1cc(C)ccc1OC)NCc1cccc(C(=O)NC)c1. The van der Waals surface area contributed by atoms with Crippen LogP contribution in [0.25, 0.3) is 0 Å². The number of aryl methyl sites for hydroxylation is 1. The molecular formula is C21H28N4O2. The molecule has 0 fully saturated rings. The van der Waals surface area contributed by atoms with Gasteiger partial charge < -0.3 is 20.7 Å². The maximum atomic E-state index is 11.7. The largest absolute Gasteiger partial charge is 0.496 e. The Hall–Kier alpha value is -3.02. The van der Waals surface area contributed by atoms with Crippen molar-refractivity contribution in [3.63, 3.8) is 0 Å². The van der Waals surface area contributed by atoms with Crippen LogP contribution in [-0.2, 0) is 13.0 Å². The minimum atomic E-state index is -0.0912. The summed E-state index contributed by atoms with van der Waals surface area (Å²) in [4.78, 5) is 16.0. The molecule has 0 aliphatic carbocycles. The monoisotopic (exact) mass is 368 g/mol. The predicted octanol–water partition coefficient (Wildman–Crippen LogP) is 2.27. The molecule has 0 unspecified atom stereocenters. The highest BCUT2D eigenvalue weighted by Gasteiger charge is 2.06. The summed E-state index contributed by atoms with van der Waals surface area (Å²) in [6, 6.07) is 13.7. The van der Waals surface area contributed by atoms with Crippen LogP contribution in [0.15, 0.2) is 47.5 Å². The quantitative estimate of drug-likeness (QED) is 0.518. The minimum Gasteiger partial charge on any atom is -0.496 e. The molecule has 27 heavy (non-hydrogen) atoms. The van der Waals surface area contributed by atoms with Crippen molar-refractivity contribution in [1.82, 2.24) is 16.0 Å². The zero-order valence-corrected chi connectivity index (χ0v) is 16.4. The number of nitrogens with zero attached hydrogens (tertiary/aromatic N) is 1. The first-order valence-corrected chi connectivity index (χ1v) is 8.96. The molecule has 2 aromatic rings. The lowest BCUT2D eigenvalue weighted by Crippen LogP contribution is -2.37. The third kappa shape index (κ3) is 6.02. The fourth-order valence-electron chi connectivity index (χ4n) is 2.79. The molecule has 2 aromatic carbocycles. The van der Waals surface area contributed by atoms with E-state index in [1.54, 1.807) is 27.3 Å². The lowest BCUT2D eigenvalue weighted by molar-refractivity contribution is 0.0963. The van der Waals surface area contributed by atoms with E-state index in [1.807, 2.05) is 30.3 Å². The molecule has 0 saturated carbocycles. The highest BCUT2D eigenvalue weighted by Crippen LogP contribution is 2.19. The summed E-state index contributed by atoms with van der Waals surface area (Å²) in [5.41, 5.74) is 4.04. The molecule has 3 N–H and O–H groups in total. The van der Waals surface area contributed by atoms with Crippen molar-refractivity contribution in [2.75, 3.05) is 27.7 Å². The van der Waals surface area contributed by atoms with Gasteiger partial charge in [0, 0.05) is 32.7 Å². The van der Waals surface area contributed by atoms with Gasteiger partial charge in [-0.15, -0.1) is 0 Å². The first-order valence-electron chi connectivity index (χ1n) is 8.96. The van der Waals surface area contributed by atoms with Gasteiger partial charge in [0.1, 0.15) is 5.75 Å². The third-order valence-electron chi connectivity index (χ3n) is 4.22. The van der Waals surface area contributed by atoms with E-state index in [0.717, 1.165) is 24.3 Å². The Morgan fingerprint density at radius 1 is 1.15 bits per heavy atom. The van der Waals surface area contributed by atoms with Gasteiger partial charge in [-0.2, -0.15) is 0 Å². The average molecular weight is 368 g/mol. The number of carbonyl (C=O) groups excluding carboxylic acids is 1. The number of carbonyl (C=O) groups is 1. The molecule has 0 aliphatic heterocycles. The Balaban J connectivity index is 1.88. The van der Waals surface area contributed by atoms with Crippen molar-refractivity contribution in [2.45, 2.75) is 19.9 Å². The number of ether oxygens (including phenoxy) is 1. The number of guanidine groups is 1. The van der Waals surface area contributed by atoms with Crippen LogP contribution in [0, 0.1) is 6.92 Å². The molecule has 0 radical (unpaired) electrons. The van der Waals surface area contributed by atoms with E-state index >= 15 is 0 Å². The fraction of sp³-hybridized carbons (Fsp3) is 0.333. The van der Waals surface area contributed by atoms with Crippen LogP contribution in [-0.4, -0.2) is 39.6 Å². The highest BCUT2D eigenvalue weighted by atomic mass is 16.5. The zero-order chi connectivity index (χ0) is 19.6. The number of methoxy groups -OCH3 is 1. The number of benzene rings is 2. The van der Waals surface area contributed by atoms with Crippen LogP contribution >= 0.6 is 0 Å². The van der Waals surface area contributed by atoms with Crippen molar-refractivity contribution < 1.29 is 9.53 Å². The summed E-state index contributed by atoms with van der Waals surface area (Å²) >= 11 is 0. The normalized spacial score (nSPS) is 11.0. The zero-order valence-electron chi connectivity index (χ0n) is 16.4. The first-order chi connectivity index (χ1) is 13.1. The van der Waals surface area contributed by atoms with Gasteiger partial charge in [-0.1, -0.05) is 29.8 Å². The van der Waals surface area contributed by atoms with Gasteiger partial charge in [-0.25, -0.2) is 0 Å². The Morgan fingerprint density at radius 3 is 2.67 bits per heavy atom. The second kappa shape index (κ2) is 10.2. The Labute approximate surface area is 161 Å². The van der Waals surface area contributed by atoms with Crippen LogP contribution in [0.3, 0.4) is 0 Å². The molecule has 0 atom stereocenters. The van der Waals surface area contributed by atoms with Crippen molar-refractivity contribution in [3.8, 4) is 5.75 Å². The van der Waals surface area contributed by atoms with E-state index in [4.69, 9.17) is 4.74 Å². The molecule has 0 spiro atoms. The topological polar surface area (TPSA) is 74.8 Å².